The molecule has 0 atom stereocenters. The van der Waals surface area contributed by atoms with Gasteiger partial charge in [-0.15, -0.1) is 0 Å². The van der Waals surface area contributed by atoms with Crippen molar-refractivity contribution in [3.63, 3.8) is 0 Å². The van der Waals surface area contributed by atoms with E-state index in [0.717, 1.165) is 11.5 Å². The summed E-state index contributed by atoms with van der Waals surface area (Å²) in [7, 11) is 1.92. The molecule has 0 aliphatic heterocycles. The number of rotatable bonds is 3. The lowest BCUT2D eigenvalue weighted by atomic mass is 10.4. The third kappa shape index (κ3) is 1.89. The van der Waals surface area contributed by atoms with Crippen LogP contribution < -0.4 is 4.90 Å². The van der Waals surface area contributed by atoms with Crippen LogP contribution in [0.1, 0.15) is 6.42 Å². The standard InChI is InChI=1S/C10H11N5/c1-14(7-2-5-11)9-4-8-15-10(13-9)3-6-12-15/h3-4,6,8H,2,7H2,1H3. The summed E-state index contributed by atoms with van der Waals surface area (Å²) in [5, 5.41) is 12.6. The maximum absolute atomic E-state index is 8.49. The Morgan fingerprint density at radius 1 is 1.53 bits per heavy atom. The zero-order chi connectivity index (χ0) is 10.7. The summed E-state index contributed by atoms with van der Waals surface area (Å²) in [5.41, 5.74) is 0.816. The van der Waals surface area contributed by atoms with E-state index in [1.54, 1.807) is 10.7 Å². The highest BCUT2D eigenvalue weighted by Crippen LogP contribution is 2.10. The zero-order valence-electron chi connectivity index (χ0n) is 8.46. The quantitative estimate of drug-likeness (QED) is 0.745. The lowest BCUT2D eigenvalue weighted by molar-refractivity contribution is 0.869. The van der Waals surface area contributed by atoms with Crippen LogP contribution in [0.4, 0.5) is 5.82 Å². The SMILES string of the molecule is CN(CCC#N)c1ccn2nccc2n1. The molecule has 5 nitrogen and oxygen atoms in total. The summed E-state index contributed by atoms with van der Waals surface area (Å²) in [6.45, 7) is 0.688. The molecular weight excluding hydrogens is 190 g/mol. The fourth-order valence-corrected chi connectivity index (χ4v) is 1.35. The van der Waals surface area contributed by atoms with Gasteiger partial charge in [0.25, 0.3) is 0 Å². The molecule has 0 fully saturated rings. The molecule has 2 rings (SSSR count). The molecule has 2 aromatic rings. The second-order valence-corrected chi connectivity index (χ2v) is 3.25. The number of anilines is 1. The summed E-state index contributed by atoms with van der Waals surface area (Å²) < 4.78 is 1.71. The van der Waals surface area contributed by atoms with Crippen LogP contribution >= 0.6 is 0 Å². The van der Waals surface area contributed by atoms with E-state index < -0.39 is 0 Å². The maximum Gasteiger partial charge on any atom is 0.157 e. The molecule has 2 aromatic heterocycles. The first kappa shape index (κ1) is 9.46. The molecule has 0 N–H and O–H groups in total. The molecule has 0 aliphatic rings. The van der Waals surface area contributed by atoms with Crippen molar-refractivity contribution in [2.45, 2.75) is 6.42 Å². The van der Waals surface area contributed by atoms with E-state index in [0.29, 0.717) is 13.0 Å². The summed E-state index contributed by atoms with van der Waals surface area (Å²) in [6.07, 6.45) is 4.07. The molecule has 0 bridgehead atoms. The fraction of sp³-hybridized carbons (Fsp3) is 0.300. The second-order valence-electron chi connectivity index (χ2n) is 3.25. The number of nitrogens with zero attached hydrogens (tertiary/aromatic N) is 5. The van der Waals surface area contributed by atoms with E-state index in [1.165, 1.54) is 0 Å². The Balaban J connectivity index is 2.24. The van der Waals surface area contributed by atoms with Crippen LogP contribution in [0.15, 0.2) is 24.5 Å². The van der Waals surface area contributed by atoms with Crippen molar-refractivity contribution in [2.24, 2.45) is 0 Å². The first-order valence-electron chi connectivity index (χ1n) is 4.70. The van der Waals surface area contributed by atoms with E-state index in [1.807, 2.05) is 30.3 Å². The lowest BCUT2D eigenvalue weighted by Crippen LogP contribution is -2.19. The van der Waals surface area contributed by atoms with Gasteiger partial charge < -0.3 is 4.90 Å². The largest absolute Gasteiger partial charge is 0.359 e. The van der Waals surface area contributed by atoms with Gasteiger partial charge in [-0.05, 0) is 6.07 Å². The first-order valence-corrected chi connectivity index (χ1v) is 4.70. The summed E-state index contributed by atoms with van der Waals surface area (Å²) in [6, 6.07) is 5.85. The summed E-state index contributed by atoms with van der Waals surface area (Å²) in [5.74, 6) is 0.859. The van der Waals surface area contributed by atoms with E-state index in [9.17, 15) is 0 Å². The Morgan fingerprint density at radius 2 is 2.40 bits per heavy atom. The van der Waals surface area contributed by atoms with Crippen LogP contribution in [-0.4, -0.2) is 28.2 Å². The van der Waals surface area contributed by atoms with Crippen molar-refractivity contribution in [1.29, 1.82) is 5.26 Å². The van der Waals surface area contributed by atoms with E-state index >= 15 is 0 Å². The minimum Gasteiger partial charge on any atom is -0.359 e. The Hall–Kier alpha value is -2.09. The first-order chi connectivity index (χ1) is 7.31. The lowest BCUT2D eigenvalue weighted by Gasteiger charge is -2.15. The highest BCUT2D eigenvalue weighted by molar-refractivity contribution is 5.46. The second kappa shape index (κ2) is 3.96. The van der Waals surface area contributed by atoms with Crippen molar-refractivity contribution in [1.82, 2.24) is 14.6 Å². The highest BCUT2D eigenvalue weighted by atomic mass is 15.3. The van der Waals surface area contributed by atoms with Crippen molar-refractivity contribution in [3.8, 4) is 6.07 Å². The number of nitriles is 1. The molecule has 0 saturated heterocycles. The van der Waals surface area contributed by atoms with E-state index in [2.05, 4.69) is 16.2 Å². The van der Waals surface area contributed by atoms with Crippen LogP contribution in [0, 0.1) is 11.3 Å². The van der Waals surface area contributed by atoms with Crippen molar-refractivity contribution in [2.75, 3.05) is 18.5 Å². The normalized spacial score (nSPS) is 10.1. The monoisotopic (exact) mass is 201 g/mol. The molecule has 15 heavy (non-hydrogen) atoms. The third-order valence-corrected chi connectivity index (χ3v) is 2.19. The van der Waals surface area contributed by atoms with Gasteiger partial charge in [-0.2, -0.15) is 10.4 Å². The minimum absolute atomic E-state index is 0.503. The molecule has 0 aliphatic carbocycles. The fourth-order valence-electron chi connectivity index (χ4n) is 1.35. The van der Waals surface area contributed by atoms with Crippen LogP contribution in [0.3, 0.4) is 0 Å². The Labute approximate surface area is 87.6 Å². The number of hydrogen-bond donors (Lipinski definition) is 0. The third-order valence-electron chi connectivity index (χ3n) is 2.19. The van der Waals surface area contributed by atoms with Crippen LogP contribution in [0.2, 0.25) is 0 Å². The molecule has 0 radical (unpaired) electrons. The molecule has 0 amide bonds. The molecule has 0 unspecified atom stereocenters. The maximum atomic E-state index is 8.49. The Kier molecular flexibility index (Phi) is 2.50. The molecular formula is C10H11N5. The van der Waals surface area contributed by atoms with Gasteiger partial charge in [-0.3, -0.25) is 0 Å². The number of hydrogen-bond acceptors (Lipinski definition) is 4. The van der Waals surface area contributed by atoms with Gasteiger partial charge >= 0.3 is 0 Å². The van der Waals surface area contributed by atoms with Gasteiger partial charge in [-0.1, -0.05) is 0 Å². The summed E-state index contributed by atoms with van der Waals surface area (Å²) in [4.78, 5) is 6.36. The van der Waals surface area contributed by atoms with E-state index in [-0.39, 0.29) is 0 Å². The Morgan fingerprint density at radius 3 is 3.20 bits per heavy atom. The predicted molar refractivity (Wildman–Crippen MR) is 56.5 cm³/mol. The predicted octanol–water partition coefficient (Wildman–Crippen LogP) is 1.08. The topological polar surface area (TPSA) is 57.2 Å². The Bertz CT molecular complexity index is 496. The van der Waals surface area contributed by atoms with Crippen molar-refractivity contribution < 1.29 is 0 Å². The average molecular weight is 201 g/mol. The number of aromatic nitrogens is 3. The van der Waals surface area contributed by atoms with Crippen LogP contribution in [-0.2, 0) is 0 Å². The van der Waals surface area contributed by atoms with Crippen molar-refractivity contribution in [3.05, 3.63) is 24.5 Å². The van der Waals surface area contributed by atoms with E-state index in [4.69, 9.17) is 5.26 Å². The average Bonchev–Trinajstić information content (AvgIpc) is 2.72. The molecule has 0 spiro atoms. The van der Waals surface area contributed by atoms with Gasteiger partial charge in [0.2, 0.25) is 0 Å². The van der Waals surface area contributed by atoms with Crippen LogP contribution in [0.25, 0.3) is 5.65 Å². The van der Waals surface area contributed by atoms with Gasteiger partial charge in [0.1, 0.15) is 5.82 Å². The molecule has 76 valence electrons. The van der Waals surface area contributed by atoms with Crippen molar-refractivity contribution >= 4 is 11.5 Å². The minimum atomic E-state index is 0.503. The molecule has 0 saturated carbocycles. The van der Waals surface area contributed by atoms with Gasteiger partial charge in [0.05, 0.1) is 18.7 Å². The van der Waals surface area contributed by atoms with Gasteiger partial charge in [0.15, 0.2) is 5.65 Å². The van der Waals surface area contributed by atoms with Gasteiger partial charge in [-0.25, -0.2) is 9.50 Å². The summed E-state index contributed by atoms with van der Waals surface area (Å²) >= 11 is 0. The zero-order valence-corrected chi connectivity index (χ0v) is 8.46. The smallest absolute Gasteiger partial charge is 0.157 e. The molecule has 0 aromatic carbocycles. The van der Waals surface area contributed by atoms with Gasteiger partial charge in [0, 0.05) is 25.9 Å². The molecule has 5 heteroatoms. The van der Waals surface area contributed by atoms with Crippen LogP contribution in [0.5, 0.6) is 0 Å². The molecule has 2 heterocycles. The number of fused-ring (bicyclic) bond motifs is 1. The highest BCUT2D eigenvalue weighted by Gasteiger charge is 2.03.